The largest absolute Gasteiger partial charge is 0.437 e. The Morgan fingerprint density at radius 1 is 1.33 bits per heavy atom. The van der Waals surface area contributed by atoms with Crippen molar-refractivity contribution in [2.75, 3.05) is 11.9 Å². The van der Waals surface area contributed by atoms with Gasteiger partial charge in [0.15, 0.2) is 0 Å². The van der Waals surface area contributed by atoms with Gasteiger partial charge >= 0.3 is 0 Å². The number of nitrogens with one attached hydrogen (secondary N) is 1. The summed E-state index contributed by atoms with van der Waals surface area (Å²) in [7, 11) is 0. The molecular weight excluding hydrogens is 294 g/mol. The summed E-state index contributed by atoms with van der Waals surface area (Å²) in [4.78, 5) is 8.45. The Balaban J connectivity index is 2.28. The highest BCUT2D eigenvalue weighted by atomic mass is 79.9. The third kappa shape index (κ3) is 2.98. The number of nitrogens with zero attached hydrogens (tertiary/aromatic N) is 2. The van der Waals surface area contributed by atoms with Crippen molar-refractivity contribution in [3.63, 3.8) is 0 Å². The zero-order valence-electron chi connectivity index (χ0n) is 10.3. The number of aromatic nitrogens is 2. The van der Waals surface area contributed by atoms with Gasteiger partial charge in [-0.3, -0.25) is 0 Å². The topological polar surface area (TPSA) is 47.0 Å². The maximum Gasteiger partial charge on any atom is 0.238 e. The van der Waals surface area contributed by atoms with Crippen LogP contribution < -0.4 is 10.1 Å². The monoisotopic (exact) mass is 307 g/mol. The third-order valence-corrected chi connectivity index (χ3v) is 2.89. The molecule has 5 heteroatoms. The average molecular weight is 308 g/mol. The van der Waals surface area contributed by atoms with Crippen LogP contribution in [0.25, 0.3) is 0 Å². The van der Waals surface area contributed by atoms with Crippen molar-refractivity contribution in [2.45, 2.75) is 13.8 Å². The van der Waals surface area contributed by atoms with Crippen molar-refractivity contribution >= 4 is 21.9 Å². The Hall–Kier alpha value is -1.62. The molecule has 0 aliphatic heterocycles. The van der Waals surface area contributed by atoms with Gasteiger partial charge in [0.05, 0.1) is 10.7 Å². The van der Waals surface area contributed by atoms with E-state index in [4.69, 9.17) is 4.74 Å². The normalized spacial score (nSPS) is 10.2. The number of rotatable bonds is 4. The van der Waals surface area contributed by atoms with E-state index in [0.717, 1.165) is 22.3 Å². The fraction of sp³-hybridized carbons (Fsp3) is 0.231. The number of ether oxygens (including phenoxy) is 1. The Morgan fingerprint density at radius 2 is 2.11 bits per heavy atom. The number of anilines is 1. The quantitative estimate of drug-likeness (QED) is 0.934. The van der Waals surface area contributed by atoms with Crippen LogP contribution in [0.1, 0.15) is 12.5 Å². The molecule has 94 valence electrons. The number of benzene rings is 1. The molecule has 0 atom stereocenters. The second kappa shape index (κ2) is 5.82. The number of hydrogen-bond donors (Lipinski definition) is 1. The molecule has 2 rings (SSSR count). The highest BCUT2D eigenvalue weighted by Crippen LogP contribution is 2.29. The minimum Gasteiger partial charge on any atom is -0.437 e. The molecular formula is C13H14BrN3O. The van der Waals surface area contributed by atoms with Crippen molar-refractivity contribution in [3.05, 3.63) is 40.5 Å². The first kappa shape index (κ1) is 12.8. The number of hydrogen-bond acceptors (Lipinski definition) is 4. The molecule has 0 bridgehead atoms. The van der Waals surface area contributed by atoms with E-state index in [-0.39, 0.29) is 0 Å². The second-order valence-electron chi connectivity index (χ2n) is 3.74. The first-order valence-electron chi connectivity index (χ1n) is 5.70. The van der Waals surface area contributed by atoms with E-state index in [1.54, 1.807) is 6.20 Å². The van der Waals surface area contributed by atoms with Crippen molar-refractivity contribution in [3.8, 4) is 11.6 Å². The molecule has 18 heavy (non-hydrogen) atoms. The molecule has 0 spiro atoms. The maximum absolute atomic E-state index is 5.79. The van der Waals surface area contributed by atoms with Crippen LogP contribution in [0, 0.1) is 6.92 Å². The van der Waals surface area contributed by atoms with Crippen LogP contribution in [0.3, 0.4) is 0 Å². The summed E-state index contributed by atoms with van der Waals surface area (Å²) < 4.78 is 6.52. The van der Waals surface area contributed by atoms with Gasteiger partial charge in [0.25, 0.3) is 0 Å². The summed E-state index contributed by atoms with van der Waals surface area (Å²) in [5.41, 5.74) is 1.06. The fourth-order valence-corrected chi connectivity index (χ4v) is 1.71. The zero-order valence-corrected chi connectivity index (χ0v) is 11.9. The SMILES string of the molecule is CCNc1ncc(Br)c(Oc2ccccc2C)n1. The molecule has 1 heterocycles. The van der Waals surface area contributed by atoms with Crippen molar-refractivity contribution in [2.24, 2.45) is 0 Å². The summed E-state index contributed by atoms with van der Waals surface area (Å²) in [6.07, 6.45) is 1.68. The molecule has 0 unspecified atom stereocenters. The molecule has 1 aromatic carbocycles. The number of halogens is 1. The standard InChI is InChI=1S/C13H14BrN3O/c1-3-15-13-16-8-10(14)12(17-13)18-11-7-5-4-6-9(11)2/h4-8H,3H2,1-2H3,(H,15,16,17). The minimum atomic E-state index is 0.509. The van der Waals surface area contributed by atoms with Gasteiger partial charge in [-0.05, 0) is 41.4 Å². The van der Waals surface area contributed by atoms with Crippen molar-refractivity contribution in [1.82, 2.24) is 9.97 Å². The van der Waals surface area contributed by atoms with Crippen molar-refractivity contribution in [1.29, 1.82) is 0 Å². The van der Waals surface area contributed by atoms with Crippen LogP contribution in [0.4, 0.5) is 5.95 Å². The molecule has 0 aliphatic carbocycles. The third-order valence-electron chi connectivity index (χ3n) is 2.35. The van der Waals surface area contributed by atoms with Gasteiger partial charge in [0.1, 0.15) is 5.75 Å². The Kier molecular flexibility index (Phi) is 4.15. The van der Waals surface area contributed by atoms with Crippen LogP contribution in [0.5, 0.6) is 11.6 Å². The molecule has 0 fully saturated rings. The van der Waals surface area contributed by atoms with Crippen LogP contribution in [0.2, 0.25) is 0 Å². The molecule has 0 radical (unpaired) electrons. The lowest BCUT2D eigenvalue weighted by molar-refractivity contribution is 0.455. The van der Waals surface area contributed by atoms with Gasteiger partial charge in [0, 0.05) is 6.54 Å². The summed E-state index contributed by atoms with van der Waals surface area (Å²) in [6.45, 7) is 4.76. The average Bonchev–Trinajstić information content (AvgIpc) is 2.36. The molecule has 2 aromatic rings. The lowest BCUT2D eigenvalue weighted by atomic mass is 10.2. The van der Waals surface area contributed by atoms with Gasteiger partial charge in [-0.2, -0.15) is 4.98 Å². The highest BCUT2D eigenvalue weighted by molar-refractivity contribution is 9.10. The summed E-state index contributed by atoms with van der Waals surface area (Å²) in [5, 5.41) is 3.05. The predicted octanol–water partition coefficient (Wildman–Crippen LogP) is 3.77. The summed E-state index contributed by atoms with van der Waals surface area (Å²) >= 11 is 3.39. The lowest BCUT2D eigenvalue weighted by Gasteiger charge is -2.10. The van der Waals surface area contributed by atoms with E-state index in [9.17, 15) is 0 Å². The maximum atomic E-state index is 5.79. The smallest absolute Gasteiger partial charge is 0.238 e. The van der Waals surface area contributed by atoms with E-state index in [1.165, 1.54) is 0 Å². The molecule has 1 N–H and O–H groups in total. The van der Waals surface area contributed by atoms with Crippen LogP contribution >= 0.6 is 15.9 Å². The summed E-state index contributed by atoms with van der Waals surface area (Å²) in [6, 6.07) is 7.82. The van der Waals surface area contributed by atoms with E-state index >= 15 is 0 Å². The van der Waals surface area contributed by atoms with Crippen LogP contribution in [0.15, 0.2) is 34.9 Å². The second-order valence-corrected chi connectivity index (χ2v) is 4.60. The van der Waals surface area contributed by atoms with E-state index in [1.807, 2.05) is 38.1 Å². The molecule has 1 aromatic heterocycles. The Bertz CT molecular complexity index is 546. The van der Waals surface area contributed by atoms with Crippen LogP contribution in [-0.2, 0) is 0 Å². The van der Waals surface area contributed by atoms with Gasteiger partial charge in [-0.25, -0.2) is 4.98 Å². The summed E-state index contributed by atoms with van der Waals surface area (Å²) in [5.74, 6) is 1.86. The zero-order chi connectivity index (χ0) is 13.0. The molecule has 4 nitrogen and oxygen atoms in total. The number of para-hydroxylation sites is 1. The van der Waals surface area contributed by atoms with Crippen LogP contribution in [-0.4, -0.2) is 16.5 Å². The van der Waals surface area contributed by atoms with Gasteiger partial charge < -0.3 is 10.1 Å². The van der Waals surface area contributed by atoms with Gasteiger partial charge in [-0.15, -0.1) is 0 Å². The minimum absolute atomic E-state index is 0.509. The fourth-order valence-electron chi connectivity index (χ4n) is 1.44. The molecule has 0 saturated carbocycles. The lowest BCUT2D eigenvalue weighted by Crippen LogP contribution is -2.03. The predicted molar refractivity (Wildman–Crippen MR) is 75.1 cm³/mol. The molecule has 0 aliphatic rings. The Morgan fingerprint density at radius 3 is 2.83 bits per heavy atom. The van der Waals surface area contributed by atoms with Gasteiger partial charge in [-0.1, -0.05) is 18.2 Å². The number of aryl methyl sites for hydroxylation is 1. The van der Waals surface area contributed by atoms with Crippen molar-refractivity contribution < 1.29 is 4.74 Å². The first-order valence-corrected chi connectivity index (χ1v) is 6.50. The van der Waals surface area contributed by atoms with Gasteiger partial charge in [0.2, 0.25) is 11.8 Å². The molecule has 0 amide bonds. The first-order chi connectivity index (χ1) is 8.70. The Labute approximate surface area is 115 Å². The highest BCUT2D eigenvalue weighted by Gasteiger charge is 2.08. The van der Waals surface area contributed by atoms with E-state index in [0.29, 0.717) is 11.8 Å². The van der Waals surface area contributed by atoms with E-state index < -0.39 is 0 Å². The van der Waals surface area contributed by atoms with E-state index in [2.05, 4.69) is 31.2 Å². The molecule has 0 saturated heterocycles.